The highest BCUT2D eigenvalue weighted by molar-refractivity contribution is 9.10. The molecule has 2 heteroatoms. The van der Waals surface area contributed by atoms with E-state index in [0.29, 0.717) is 0 Å². The minimum absolute atomic E-state index is 0.124. The minimum Gasteiger partial charge on any atom is -0.388 e. The number of rotatable bonds is 61. The molecule has 0 radical (unpaired) electrons. The van der Waals surface area contributed by atoms with Crippen molar-refractivity contribution in [3.05, 3.63) is 0 Å². The molecule has 0 aliphatic carbocycles. The first-order valence-corrected chi connectivity index (χ1v) is 33.7. The van der Waals surface area contributed by atoms with Crippen LogP contribution in [0.3, 0.4) is 0 Å². The topological polar surface area (TPSA) is 20.2 Å². The van der Waals surface area contributed by atoms with Crippen LogP contribution in [0.2, 0.25) is 0 Å². The Balaban J connectivity index is 5.17. The molecular weight excluding hydrogens is 889 g/mol. The highest BCUT2D eigenvalue weighted by Gasteiger charge is 2.46. The van der Waals surface area contributed by atoms with E-state index in [9.17, 15) is 5.11 Å². The van der Waals surface area contributed by atoms with Crippen molar-refractivity contribution >= 4 is 15.9 Å². The van der Waals surface area contributed by atoms with E-state index in [1.165, 1.54) is 360 Å². The minimum atomic E-state index is -0.575. The zero-order valence-corrected chi connectivity index (χ0v) is 49.8. The van der Waals surface area contributed by atoms with Gasteiger partial charge in [-0.2, -0.15) is 0 Å². The van der Waals surface area contributed by atoms with E-state index in [0.717, 1.165) is 25.7 Å². The summed E-state index contributed by atoms with van der Waals surface area (Å²) in [6.07, 6.45) is 83.1. The van der Waals surface area contributed by atoms with Crippen molar-refractivity contribution in [1.29, 1.82) is 0 Å². The van der Waals surface area contributed by atoms with Gasteiger partial charge < -0.3 is 5.11 Å². The molecule has 0 aromatic rings. The lowest BCUT2D eigenvalue weighted by atomic mass is 9.73. The summed E-state index contributed by atoms with van der Waals surface area (Å²) in [6.45, 7) is 9.28. The summed E-state index contributed by atoms with van der Waals surface area (Å²) in [5.41, 5.74) is -0.575. The van der Waals surface area contributed by atoms with E-state index in [4.69, 9.17) is 0 Å². The molecule has 0 aliphatic rings. The second-order valence-electron chi connectivity index (χ2n) is 23.4. The van der Waals surface area contributed by atoms with Crippen LogP contribution in [0.25, 0.3) is 0 Å². The highest BCUT2D eigenvalue weighted by Crippen LogP contribution is 2.47. The maximum atomic E-state index is 13.1. The summed E-state index contributed by atoms with van der Waals surface area (Å²) < 4.78 is -0.124. The second kappa shape index (κ2) is 56.7. The summed E-state index contributed by atoms with van der Waals surface area (Å²) >= 11 is 4.52. The van der Waals surface area contributed by atoms with Crippen LogP contribution in [-0.2, 0) is 0 Å². The molecule has 1 nitrogen and oxygen atoms in total. The van der Waals surface area contributed by atoms with Crippen LogP contribution >= 0.6 is 15.9 Å². The summed E-state index contributed by atoms with van der Waals surface area (Å²) in [7, 11) is 0. The predicted octanol–water partition coefficient (Wildman–Crippen LogP) is 25.3. The third kappa shape index (κ3) is 47.4. The van der Waals surface area contributed by atoms with Crippen molar-refractivity contribution in [1.82, 2.24) is 0 Å². The molecule has 0 unspecified atom stereocenters. The Morgan fingerprint density at radius 3 is 0.456 bits per heavy atom. The summed E-state index contributed by atoms with van der Waals surface area (Å²) in [5.74, 6) is 0. The van der Waals surface area contributed by atoms with E-state index >= 15 is 0 Å². The van der Waals surface area contributed by atoms with Gasteiger partial charge in [0, 0.05) is 0 Å². The molecule has 0 rings (SSSR count). The molecule has 0 atom stereocenters. The van der Waals surface area contributed by atoms with Gasteiger partial charge in [-0.15, -0.1) is 0 Å². The number of aliphatic hydroxyl groups is 1. The maximum Gasteiger partial charge on any atom is 0.0800 e. The van der Waals surface area contributed by atoms with Gasteiger partial charge in [0.2, 0.25) is 0 Å². The Morgan fingerprint density at radius 2 is 0.309 bits per heavy atom. The Kier molecular flexibility index (Phi) is 57.1. The van der Waals surface area contributed by atoms with Crippen molar-refractivity contribution in [2.45, 2.75) is 423 Å². The fourth-order valence-corrected chi connectivity index (χ4v) is 12.5. The van der Waals surface area contributed by atoms with Gasteiger partial charge in [0.25, 0.3) is 0 Å². The lowest BCUT2D eigenvalue weighted by molar-refractivity contribution is -0.0253. The lowest BCUT2D eigenvalue weighted by Crippen LogP contribution is -2.50. The zero-order chi connectivity index (χ0) is 49.4. The van der Waals surface area contributed by atoms with Crippen molar-refractivity contribution in [3.8, 4) is 0 Å². The monoisotopic (exact) mass is 1020 g/mol. The fraction of sp³-hybridized carbons (Fsp3) is 1.00. The van der Waals surface area contributed by atoms with Crippen LogP contribution in [0, 0.1) is 0 Å². The highest BCUT2D eigenvalue weighted by atomic mass is 79.9. The quantitative estimate of drug-likeness (QED) is 0.0475. The zero-order valence-electron chi connectivity index (χ0n) is 48.3. The average Bonchev–Trinajstić information content (AvgIpc) is 3.34. The van der Waals surface area contributed by atoms with Crippen LogP contribution in [0.15, 0.2) is 0 Å². The molecule has 0 amide bonds. The third-order valence-electron chi connectivity index (χ3n) is 16.6. The first-order chi connectivity index (χ1) is 33.5. The standard InChI is InChI=1S/C66H133BrO/c1-5-9-13-17-21-25-29-33-37-41-45-49-53-57-61-65(67,62-58-54-50-46-42-38-34-30-26-22-18-14-10-6-2)66(68,63-59-55-51-47-43-39-35-31-27-23-19-15-11-7-3)64-60-56-52-48-44-40-36-32-28-24-20-16-12-8-4/h68H,5-64H2,1-4H3. The molecule has 0 heterocycles. The molecule has 0 saturated carbocycles. The van der Waals surface area contributed by atoms with Crippen molar-refractivity contribution in [3.63, 3.8) is 0 Å². The van der Waals surface area contributed by atoms with E-state index in [1.54, 1.807) is 0 Å². The van der Waals surface area contributed by atoms with Gasteiger partial charge in [-0.1, -0.05) is 403 Å². The molecule has 0 aliphatic heterocycles. The van der Waals surface area contributed by atoms with Crippen molar-refractivity contribution in [2.24, 2.45) is 0 Å². The van der Waals surface area contributed by atoms with Gasteiger partial charge in [-0.05, 0) is 25.7 Å². The molecule has 1 N–H and O–H groups in total. The smallest absolute Gasteiger partial charge is 0.0800 e. The van der Waals surface area contributed by atoms with Gasteiger partial charge in [0.1, 0.15) is 0 Å². The van der Waals surface area contributed by atoms with Crippen molar-refractivity contribution < 1.29 is 5.11 Å². The largest absolute Gasteiger partial charge is 0.388 e. The molecule has 0 bridgehead atoms. The van der Waals surface area contributed by atoms with Crippen LogP contribution in [-0.4, -0.2) is 15.0 Å². The second-order valence-corrected chi connectivity index (χ2v) is 24.9. The molecule has 0 spiro atoms. The van der Waals surface area contributed by atoms with Crippen LogP contribution in [0.4, 0.5) is 0 Å². The molecule has 410 valence electrons. The normalized spacial score (nSPS) is 12.3. The van der Waals surface area contributed by atoms with Crippen LogP contribution in [0.5, 0.6) is 0 Å². The van der Waals surface area contributed by atoms with Gasteiger partial charge in [-0.25, -0.2) is 0 Å². The van der Waals surface area contributed by atoms with Gasteiger partial charge >= 0.3 is 0 Å². The number of halogens is 1. The van der Waals surface area contributed by atoms with Gasteiger partial charge in [0.05, 0.1) is 9.93 Å². The molecule has 0 aromatic carbocycles. The van der Waals surface area contributed by atoms with E-state index in [1.807, 2.05) is 0 Å². The lowest BCUT2D eigenvalue weighted by Gasteiger charge is -2.45. The van der Waals surface area contributed by atoms with Gasteiger partial charge in [0.15, 0.2) is 0 Å². The Hall–Kier alpha value is 0.440. The van der Waals surface area contributed by atoms with E-state index < -0.39 is 5.60 Å². The summed E-state index contributed by atoms with van der Waals surface area (Å²) in [5, 5.41) is 13.1. The number of hydrogen-bond donors (Lipinski definition) is 1. The molecule has 0 aromatic heterocycles. The van der Waals surface area contributed by atoms with Gasteiger partial charge in [-0.3, -0.25) is 0 Å². The first kappa shape index (κ1) is 68.4. The van der Waals surface area contributed by atoms with E-state index in [-0.39, 0.29) is 4.32 Å². The third-order valence-corrected chi connectivity index (χ3v) is 18.1. The number of hydrogen-bond acceptors (Lipinski definition) is 1. The predicted molar refractivity (Wildman–Crippen MR) is 316 cm³/mol. The Labute approximate surface area is 441 Å². The molecule has 68 heavy (non-hydrogen) atoms. The van der Waals surface area contributed by atoms with Crippen LogP contribution < -0.4 is 0 Å². The number of unbranched alkanes of at least 4 members (excludes halogenated alkanes) is 52. The summed E-state index contributed by atoms with van der Waals surface area (Å²) in [4.78, 5) is 0. The van der Waals surface area contributed by atoms with Crippen molar-refractivity contribution in [2.75, 3.05) is 0 Å². The Morgan fingerprint density at radius 1 is 0.191 bits per heavy atom. The summed E-state index contributed by atoms with van der Waals surface area (Å²) in [6, 6.07) is 0. The fourth-order valence-electron chi connectivity index (χ4n) is 11.6. The van der Waals surface area contributed by atoms with E-state index in [2.05, 4.69) is 43.6 Å². The maximum absolute atomic E-state index is 13.1. The van der Waals surface area contributed by atoms with Crippen LogP contribution in [0.1, 0.15) is 413 Å². The number of alkyl halides is 1. The first-order valence-electron chi connectivity index (χ1n) is 32.9. The average molecular weight is 1020 g/mol. The molecule has 0 saturated heterocycles. The Bertz CT molecular complexity index is 763. The molecule has 0 fully saturated rings. The SMILES string of the molecule is CCCCCCCCCCCCCCCCC(O)(CCCCCCCCCCCCCCCC)C(Br)(CCCCCCCCCCCCCCCC)CCCCCCCCCCCCCCCC. The molecular formula is C66H133BrO.